The number of rotatable bonds is 9. The molecule has 0 unspecified atom stereocenters. The highest BCUT2D eigenvalue weighted by atomic mass is 16.5. The zero-order valence-corrected chi connectivity index (χ0v) is 19.5. The third-order valence-corrected chi connectivity index (χ3v) is 5.24. The van der Waals surface area contributed by atoms with E-state index in [9.17, 15) is 0 Å². The standard InChI is InChI=1S/C24H34N6O2/c1-17(2)26-23-7-10-30(28-23)24-16-22(32-18(3)4)20-6-5-19(15-21(20)27-24)31-14-13-29-11-8-25-9-12-29/h5-7,10,15-18,25H,8-9,11-14H2,1-4H3,(H,26,28). The predicted octanol–water partition coefficient (Wildman–Crippen LogP) is 3.31. The van der Waals surface area contributed by atoms with Gasteiger partial charge in [-0.25, -0.2) is 9.67 Å². The molecular weight excluding hydrogens is 404 g/mol. The van der Waals surface area contributed by atoms with Crippen LogP contribution in [0.5, 0.6) is 11.5 Å². The Morgan fingerprint density at radius 2 is 1.91 bits per heavy atom. The van der Waals surface area contributed by atoms with Crippen molar-refractivity contribution in [2.75, 3.05) is 44.6 Å². The maximum absolute atomic E-state index is 6.11. The molecule has 32 heavy (non-hydrogen) atoms. The van der Waals surface area contributed by atoms with Crippen molar-refractivity contribution in [2.45, 2.75) is 39.8 Å². The zero-order valence-electron chi connectivity index (χ0n) is 19.5. The molecule has 1 aliphatic heterocycles. The van der Waals surface area contributed by atoms with Crippen LogP contribution in [-0.2, 0) is 0 Å². The number of piperazine rings is 1. The average molecular weight is 439 g/mol. The highest BCUT2D eigenvalue weighted by Crippen LogP contribution is 2.30. The monoisotopic (exact) mass is 438 g/mol. The first-order valence-electron chi connectivity index (χ1n) is 11.5. The highest BCUT2D eigenvalue weighted by Gasteiger charge is 2.13. The molecule has 172 valence electrons. The number of pyridine rings is 1. The summed E-state index contributed by atoms with van der Waals surface area (Å²) in [6.45, 7) is 14.0. The summed E-state index contributed by atoms with van der Waals surface area (Å²) in [6.07, 6.45) is 1.96. The van der Waals surface area contributed by atoms with Gasteiger partial charge in [0.15, 0.2) is 5.82 Å². The topological polar surface area (TPSA) is 76.5 Å². The first-order valence-corrected chi connectivity index (χ1v) is 11.5. The molecule has 0 saturated carbocycles. The lowest BCUT2D eigenvalue weighted by Crippen LogP contribution is -2.44. The number of hydrogen-bond acceptors (Lipinski definition) is 7. The minimum absolute atomic E-state index is 0.0548. The molecule has 0 atom stereocenters. The Morgan fingerprint density at radius 1 is 1.09 bits per heavy atom. The van der Waals surface area contributed by atoms with Crippen molar-refractivity contribution >= 4 is 16.7 Å². The van der Waals surface area contributed by atoms with Crippen molar-refractivity contribution in [2.24, 2.45) is 0 Å². The van der Waals surface area contributed by atoms with Crippen molar-refractivity contribution in [3.05, 3.63) is 36.5 Å². The molecule has 0 bridgehead atoms. The molecule has 0 spiro atoms. The summed E-state index contributed by atoms with van der Waals surface area (Å²) in [6, 6.07) is 10.2. The quantitative estimate of drug-likeness (QED) is 0.531. The Balaban J connectivity index is 1.57. The second-order valence-electron chi connectivity index (χ2n) is 8.71. The van der Waals surface area contributed by atoms with Gasteiger partial charge in [-0.1, -0.05) is 0 Å². The van der Waals surface area contributed by atoms with Crippen LogP contribution in [0.25, 0.3) is 16.7 Å². The van der Waals surface area contributed by atoms with Crippen LogP contribution in [-0.4, -0.2) is 71.1 Å². The number of nitrogens with one attached hydrogen (secondary N) is 2. The summed E-state index contributed by atoms with van der Waals surface area (Å²) in [5.41, 5.74) is 0.826. The second kappa shape index (κ2) is 10.2. The van der Waals surface area contributed by atoms with Gasteiger partial charge in [-0.3, -0.25) is 4.90 Å². The van der Waals surface area contributed by atoms with Gasteiger partial charge in [-0.2, -0.15) is 0 Å². The van der Waals surface area contributed by atoms with E-state index in [0.717, 1.165) is 60.9 Å². The van der Waals surface area contributed by atoms with E-state index in [4.69, 9.17) is 14.5 Å². The highest BCUT2D eigenvalue weighted by molar-refractivity contribution is 5.87. The molecule has 3 aromatic rings. The number of nitrogens with zero attached hydrogens (tertiary/aromatic N) is 4. The predicted molar refractivity (Wildman–Crippen MR) is 128 cm³/mol. The molecule has 1 fully saturated rings. The van der Waals surface area contributed by atoms with Gasteiger partial charge in [0.2, 0.25) is 0 Å². The van der Waals surface area contributed by atoms with Crippen LogP contribution in [0.2, 0.25) is 0 Å². The molecule has 0 amide bonds. The molecule has 4 rings (SSSR count). The van der Waals surface area contributed by atoms with Gasteiger partial charge >= 0.3 is 0 Å². The maximum atomic E-state index is 6.11. The van der Waals surface area contributed by atoms with Crippen molar-refractivity contribution in [1.29, 1.82) is 0 Å². The van der Waals surface area contributed by atoms with Crippen LogP contribution in [0, 0.1) is 0 Å². The van der Waals surface area contributed by atoms with E-state index in [0.29, 0.717) is 18.5 Å². The van der Waals surface area contributed by atoms with Crippen LogP contribution < -0.4 is 20.1 Å². The maximum Gasteiger partial charge on any atom is 0.157 e. The first kappa shape index (κ1) is 22.4. The molecule has 1 aliphatic rings. The summed E-state index contributed by atoms with van der Waals surface area (Å²) >= 11 is 0. The summed E-state index contributed by atoms with van der Waals surface area (Å²) < 4.78 is 13.9. The number of hydrogen-bond donors (Lipinski definition) is 2. The Morgan fingerprint density at radius 3 is 2.66 bits per heavy atom. The van der Waals surface area contributed by atoms with Crippen LogP contribution in [0.15, 0.2) is 36.5 Å². The van der Waals surface area contributed by atoms with Crippen LogP contribution in [0.3, 0.4) is 0 Å². The number of fused-ring (bicyclic) bond motifs is 1. The molecule has 8 heteroatoms. The number of ether oxygens (including phenoxy) is 2. The van der Waals surface area contributed by atoms with Gasteiger partial charge in [0.25, 0.3) is 0 Å². The number of anilines is 1. The van der Waals surface area contributed by atoms with E-state index < -0.39 is 0 Å². The third kappa shape index (κ3) is 5.69. The zero-order chi connectivity index (χ0) is 22.5. The average Bonchev–Trinajstić information content (AvgIpc) is 3.21. The molecular formula is C24H34N6O2. The van der Waals surface area contributed by atoms with Gasteiger partial charge in [0.05, 0.1) is 11.6 Å². The Kier molecular flexibility index (Phi) is 7.12. The number of benzene rings is 1. The fourth-order valence-electron chi connectivity index (χ4n) is 3.77. The second-order valence-corrected chi connectivity index (χ2v) is 8.71. The SMILES string of the molecule is CC(C)Nc1ccn(-c2cc(OC(C)C)c3ccc(OCCN4CCNCC4)cc3n2)n1. The van der Waals surface area contributed by atoms with Crippen molar-refractivity contribution in [3.63, 3.8) is 0 Å². The fraction of sp³-hybridized carbons (Fsp3) is 0.500. The van der Waals surface area contributed by atoms with E-state index >= 15 is 0 Å². The van der Waals surface area contributed by atoms with Gasteiger partial charge in [-0.15, -0.1) is 5.10 Å². The minimum atomic E-state index is 0.0548. The van der Waals surface area contributed by atoms with Crippen LogP contribution in [0.1, 0.15) is 27.7 Å². The molecule has 0 aliphatic carbocycles. The fourth-order valence-corrected chi connectivity index (χ4v) is 3.77. The molecule has 2 N–H and O–H groups in total. The largest absolute Gasteiger partial charge is 0.492 e. The van der Waals surface area contributed by atoms with Crippen molar-refractivity contribution in [3.8, 4) is 17.3 Å². The van der Waals surface area contributed by atoms with E-state index in [2.05, 4.69) is 34.5 Å². The number of aromatic nitrogens is 3. The lowest BCUT2D eigenvalue weighted by molar-refractivity contribution is 0.191. The van der Waals surface area contributed by atoms with Crippen molar-refractivity contribution < 1.29 is 9.47 Å². The van der Waals surface area contributed by atoms with E-state index in [-0.39, 0.29) is 6.10 Å². The van der Waals surface area contributed by atoms with Gasteiger partial charge in [0, 0.05) is 68.5 Å². The van der Waals surface area contributed by atoms with Gasteiger partial charge in [0.1, 0.15) is 23.9 Å². The smallest absolute Gasteiger partial charge is 0.157 e. The normalized spacial score (nSPS) is 14.9. The molecule has 2 aromatic heterocycles. The lowest BCUT2D eigenvalue weighted by Gasteiger charge is -2.26. The summed E-state index contributed by atoms with van der Waals surface area (Å²) in [7, 11) is 0. The van der Waals surface area contributed by atoms with E-state index in [1.54, 1.807) is 4.68 Å². The van der Waals surface area contributed by atoms with Crippen LogP contribution >= 0.6 is 0 Å². The van der Waals surface area contributed by atoms with Gasteiger partial charge in [-0.05, 0) is 39.8 Å². The Labute approximate surface area is 189 Å². The molecule has 3 heterocycles. The summed E-state index contributed by atoms with van der Waals surface area (Å²) in [5.74, 6) is 3.14. The Bertz CT molecular complexity index is 1030. The summed E-state index contributed by atoms with van der Waals surface area (Å²) in [5, 5.41) is 12.3. The molecule has 8 nitrogen and oxygen atoms in total. The Hall–Kier alpha value is -2.84. The minimum Gasteiger partial charge on any atom is -0.492 e. The van der Waals surface area contributed by atoms with Crippen LogP contribution in [0.4, 0.5) is 5.82 Å². The van der Waals surface area contributed by atoms with Gasteiger partial charge < -0.3 is 20.1 Å². The van der Waals surface area contributed by atoms with E-state index in [1.165, 1.54) is 0 Å². The molecule has 0 radical (unpaired) electrons. The third-order valence-electron chi connectivity index (χ3n) is 5.24. The molecule has 1 aromatic carbocycles. The van der Waals surface area contributed by atoms with Crippen molar-refractivity contribution in [1.82, 2.24) is 25.0 Å². The molecule has 1 saturated heterocycles. The summed E-state index contributed by atoms with van der Waals surface area (Å²) in [4.78, 5) is 7.28. The first-order chi connectivity index (χ1) is 15.5. The lowest BCUT2D eigenvalue weighted by atomic mass is 10.2. The van der Waals surface area contributed by atoms with E-state index in [1.807, 2.05) is 50.4 Å².